The molecule has 1 fully saturated rings. The van der Waals surface area contributed by atoms with Crippen LogP contribution in [0.3, 0.4) is 0 Å². The monoisotopic (exact) mass is 246 g/mol. The lowest BCUT2D eigenvalue weighted by Crippen LogP contribution is -2.40. The van der Waals surface area contributed by atoms with Crippen molar-refractivity contribution in [1.29, 1.82) is 0 Å². The minimum Gasteiger partial charge on any atom is -0.369 e. The zero-order chi connectivity index (χ0) is 13.0. The molecule has 0 aliphatic carbocycles. The van der Waals surface area contributed by atoms with Crippen LogP contribution < -0.4 is 5.73 Å². The SMILES string of the molecule is CCc1ccc(CN2CCC[C@H](C(N)=O)C2)cc1. The van der Waals surface area contributed by atoms with Crippen molar-refractivity contribution >= 4 is 5.91 Å². The molecule has 1 saturated heterocycles. The number of amides is 1. The number of carbonyl (C=O) groups is 1. The van der Waals surface area contributed by atoms with Gasteiger partial charge in [0.05, 0.1) is 5.92 Å². The van der Waals surface area contributed by atoms with E-state index in [0.29, 0.717) is 0 Å². The number of piperidine rings is 1. The normalized spacial score (nSPS) is 20.8. The number of nitrogens with two attached hydrogens (primary N) is 1. The van der Waals surface area contributed by atoms with Crippen molar-refractivity contribution in [2.24, 2.45) is 11.7 Å². The van der Waals surface area contributed by atoms with E-state index in [9.17, 15) is 4.79 Å². The summed E-state index contributed by atoms with van der Waals surface area (Å²) in [5.41, 5.74) is 8.08. The zero-order valence-electron chi connectivity index (χ0n) is 11.1. The highest BCUT2D eigenvalue weighted by Crippen LogP contribution is 2.18. The number of primary amides is 1. The fraction of sp³-hybridized carbons (Fsp3) is 0.533. The maximum absolute atomic E-state index is 11.2. The predicted octanol–water partition coefficient (Wildman–Crippen LogP) is 1.95. The van der Waals surface area contributed by atoms with Gasteiger partial charge < -0.3 is 5.73 Å². The van der Waals surface area contributed by atoms with Crippen LogP contribution in [0, 0.1) is 5.92 Å². The number of hydrogen-bond donors (Lipinski definition) is 1. The molecule has 0 bridgehead atoms. The van der Waals surface area contributed by atoms with Crippen molar-refractivity contribution in [3.8, 4) is 0 Å². The number of carbonyl (C=O) groups excluding carboxylic acids is 1. The van der Waals surface area contributed by atoms with E-state index >= 15 is 0 Å². The molecule has 3 nitrogen and oxygen atoms in total. The third kappa shape index (κ3) is 3.33. The molecular weight excluding hydrogens is 224 g/mol. The highest BCUT2D eigenvalue weighted by molar-refractivity contribution is 5.76. The molecular formula is C15H22N2O. The summed E-state index contributed by atoms with van der Waals surface area (Å²) in [4.78, 5) is 13.6. The molecule has 1 atom stereocenters. The fourth-order valence-electron chi connectivity index (χ4n) is 2.57. The van der Waals surface area contributed by atoms with Crippen LogP contribution in [0.4, 0.5) is 0 Å². The molecule has 0 radical (unpaired) electrons. The number of rotatable bonds is 4. The zero-order valence-corrected chi connectivity index (χ0v) is 11.1. The Labute approximate surface area is 109 Å². The van der Waals surface area contributed by atoms with E-state index in [1.165, 1.54) is 11.1 Å². The minimum absolute atomic E-state index is 0.0358. The van der Waals surface area contributed by atoms with Crippen molar-refractivity contribution < 1.29 is 4.79 Å². The molecule has 1 amide bonds. The van der Waals surface area contributed by atoms with Crippen molar-refractivity contribution in [2.45, 2.75) is 32.7 Å². The quantitative estimate of drug-likeness (QED) is 0.882. The summed E-state index contributed by atoms with van der Waals surface area (Å²) < 4.78 is 0. The second-order valence-electron chi connectivity index (χ2n) is 5.15. The molecule has 3 heteroatoms. The summed E-state index contributed by atoms with van der Waals surface area (Å²) >= 11 is 0. The van der Waals surface area contributed by atoms with Crippen LogP contribution in [0.1, 0.15) is 30.9 Å². The first kappa shape index (κ1) is 13.1. The molecule has 2 N–H and O–H groups in total. The third-order valence-electron chi connectivity index (χ3n) is 3.75. The first-order chi connectivity index (χ1) is 8.69. The van der Waals surface area contributed by atoms with Gasteiger partial charge in [0, 0.05) is 13.1 Å². The summed E-state index contributed by atoms with van der Waals surface area (Å²) in [6.07, 6.45) is 3.09. The van der Waals surface area contributed by atoms with Crippen molar-refractivity contribution in [3.63, 3.8) is 0 Å². The second-order valence-corrected chi connectivity index (χ2v) is 5.15. The average molecular weight is 246 g/mol. The van der Waals surface area contributed by atoms with Gasteiger partial charge in [-0.3, -0.25) is 9.69 Å². The van der Waals surface area contributed by atoms with Crippen LogP contribution in [0.2, 0.25) is 0 Å². The summed E-state index contributed by atoms with van der Waals surface area (Å²) in [6.45, 7) is 4.97. The molecule has 1 heterocycles. The second kappa shape index (κ2) is 6.01. The van der Waals surface area contributed by atoms with Crippen LogP contribution in [0.15, 0.2) is 24.3 Å². The lowest BCUT2D eigenvalue weighted by molar-refractivity contribution is -0.123. The maximum Gasteiger partial charge on any atom is 0.221 e. The number of nitrogens with zero attached hydrogens (tertiary/aromatic N) is 1. The molecule has 1 aromatic rings. The van der Waals surface area contributed by atoms with Gasteiger partial charge in [-0.15, -0.1) is 0 Å². The molecule has 0 aromatic heterocycles. The minimum atomic E-state index is -0.152. The Morgan fingerprint density at radius 3 is 2.61 bits per heavy atom. The number of aryl methyl sites for hydroxylation is 1. The van der Waals surface area contributed by atoms with Gasteiger partial charge >= 0.3 is 0 Å². The standard InChI is InChI=1S/C15H22N2O/c1-2-12-5-7-13(8-6-12)10-17-9-3-4-14(11-17)15(16)18/h5-8,14H,2-4,9-11H2,1H3,(H2,16,18)/t14-/m0/s1. The van der Waals surface area contributed by atoms with E-state index < -0.39 is 0 Å². The molecule has 98 valence electrons. The number of benzene rings is 1. The van der Waals surface area contributed by atoms with Gasteiger partial charge in [-0.05, 0) is 36.9 Å². The Morgan fingerprint density at radius 2 is 2.00 bits per heavy atom. The van der Waals surface area contributed by atoms with Crippen LogP contribution in [0.5, 0.6) is 0 Å². The van der Waals surface area contributed by atoms with Gasteiger partial charge in [0.15, 0.2) is 0 Å². The van der Waals surface area contributed by atoms with Crippen molar-refractivity contribution in [3.05, 3.63) is 35.4 Å². The lowest BCUT2D eigenvalue weighted by Gasteiger charge is -2.31. The highest BCUT2D eigenvalue weighted by Gasteiger charge is 2.23. The van der Waals surface area contributed by atoms with Crippen molar-refractivity contribution in [1.82, 2.24) is 4.90 Å². The Bertz CT molecular complexity index is 399. The van der Waals surface area contributed by atoms with E-state index in [0.717, 1.165) is 38.9 Å². The van der Waals surface area contributed by atoms with E-state index in [2.05, 4.69) is 36.1 Å². The van der Waals surface area contributed by atoms with Gasteiger partial charge in [-0.25, -0.2) is 0 Å². The average Bonchev–Trinajstić information content (AvgIpc) is 2.40. The maximum atomic E-state index is 11.2. The lowest BCUT2D eigenvalue weighted by atomic mass is 9.97. The molecule has 1 aromatic carbocycles. The summed E-state index contributed by atoms with van der Waals surface area (Å²) in [5.74, 6) is -0.116. The summed E-state index contributed by atoms with van der Waals surface area (Å²) in [7, 11) is 0. The third-order valence-corrected chi connectivity index (χ3v) is 3.75. The van der Waals surface area contributed by atoms with Crippen LogP contribution in [-0.4, -0.2) is 23.9 Å². The summed E-state index contributed by atoms with van der Waals surface area (Å²) in [6, 6.07) is 8.75. The van der Waals surface area contributed by atoms with Gasteiger partial charge in [0.1, 0.15) is 0 Å². The molecule has 2 rings (SSSR count). The largest absolute Gasteiger partial charge is 0.369 e. The Morgan fingerprint density at radius 1 is 1.33 bits per heavy atom. The Hall–Kier alpha value is -1.35. The highest BCUT2D eigenvalue weighted by atomic mass is 16.1. The first-order valence-electron chi connectivity index (χ1n) is 6.78. The molecule has 18 heavy (non-hydrogen) atoms. The van der Waals surface area contributed by atoms with Crippen LogP contribution in [-0.2, 0) is 17.8 Å². The van der Waals surface area contributed by atoms with Gasteiger partial charge in [-0.1, -0.05) is 31.2 Å². The first-order valence-corrected chi connectivity index (χ1v) is 6.78. The van der Waals surface area contributed by atoms with Gasteiger partial charge in [0.2, 0.25) is 5.91 Å². The van der Waals surface area contributed by atoms with Gasteiger partial charge in [0.25, 0.3) is 0 Å². The molecule has 0 saturated carbocycles. The number of likely N-dealkylation sites (tertiary alicyclic amines) is 1. The smallest absolute Gasteiger partial charge is 0.221 e. The van der Waals surface area contributed by atoms with Crippen LogP contribution in [0.25, 0.3) is 0 Å². The van der Waals surface area contributed by atoms with Gasteiger partial charge in [-0.2, -0.15) is 0 Å². The van der Waals surface area contributed by atoms with E-state index in [1.807, 2.05) is 0 Å². The van der Waals surface area contributed by atoms with E-state index in [4.69, 9.17) is 5.73 Å². The molecule has 1 aliphatic rings. The van der Waals surface area contributed by atoms with E-state index in [-0.39, 0.29) is 11.8 Å². The number of hydrogen-bond acceptors (Lipinski definition) is 2. The Balaban J connectivity index is 1.93. The topological polar surface area (TPSA) is 46.3 Å². The van der Waals surface area contributed by atoms with E-state index in [1.54, 1.807) is 0 Å². The molecule has 1 aliphatic heterocycles. The fourth-order valence-corrected chi connectivity index (χ4v) is 2.57. The predicted molar refractivity (Wildman–Crippen MR) is 73.0 cm³/mol. The Kier molecular flexibility index (Phi) is 4.37. The van der Waals surface area contributed by atoms with Crippen molar-refractivity contribution in [2.75, 3.05) is 13.1 Å². The molecule has 0 unspecified atom stereocenters. The summed E-state index contributed by atoms with van der Waals surface area (Å²) in [5, 5.41) is 0. The molecule has 0 spiro atoms. The van der Waals surface area contributed by atoms with Crippen LogP contribution >= 0.6 is 0 Å².